The van der Waals surface area contributed by atoms with Crippen LogP contribution in [0.5, 0.6) is 0 Å². The number of halogens is 3. The van der Waals surface area contributed by atoms with Crippen LogP contribution in [0.3, 0.4) is 0 Å². The van der Waals surface area contributed by atoms with Crippen molar-refractivity contribution in [3.63, 3.8) is 0 Å². The number of amides is 1. The van der Waals surface area contributed by atoms with Crippen molar-refractivity contribution >= 4 is 41.5 Å². The molecule has 0 radical (unpaired) electrons. The van der Waals surface area contributed by atoms with Gasteiger partial charge in [-0.25, -0.2) is 9.37 Å². The van der Waals surface area contributed by atoms with Crippen LogP contribution in [0.4, 0.5) is 10.2 Å². The number of nitrogens with two attached hydrogens (primary N) is 2. The molecule has 1 amide bonds. The Labute approximate surface area is 180 Å². The third-order valence-corrected chi connectivity index (χ3v) is 4.87. The number of hydrogen-bond acceptors (Lipinski definition) is 5. The van der Waals surface area contributed by atoms with Crippen LogP contribution in [0.25, 0.3) is 0 Å². The van der Waals surface area contributed by atoms with E-state index in [0.29, 0.717) is 18.4 Å². The van der Waals surface area contributed by atoms with Crippen molar-refractivity contribution in [2.45, 2.75) is 45.2 Å². The fourth-order valence-electron chi connectivity index (χ4n) is 3.01. The number of aromatic nitrogens is 1. The van der Waals surface area contributed by atoms with E-state index >= 15 is 4.39 Å². The Morgan fingerprint density at radius 2 is 1.90 bits per heavy atom. The van der Waals surface area contributed by atoms with E-state index in [2.05, 4.69) is 10.3 Å². The number of hydrogen-bond donors (Lipinski definition) is 3. The summed E-state index contributed by atoms with van der Waals surface area (Å²) in [6, 6.07) is 5.39. The largest absolute Gasteiger partial charge is 0.384 e. The monoisotopic (exact) mass is 442 g/mol. The molecule has 2 atom stereocenters. The lowest BCUT2D eigenvalue weighted by molar-refractivity contribution is -0.118. The Morgan fingerprint density at radius 1 is 1.21 bits per heavy atom. The number of benzene rings is 1. The summed E-state index contributed by atoms with van der Waals surface area (Å²) in [4.78, 5) is 27.9. The molecule has 6 nitrogen and oxygen atoms in total. The zero-order chi connectivity index (χ0) is 20.8. The minimum atomic E-state index is -0.692. The summed E-state index contributed by atoms with van der Waals surface area (Å²) in [5, 5.41) is 3.27. The molecule has 2 rings (SSSR count). The molecule has 0 saturated carbocycles. The second-order valence-electron chi connectivity index (χ2n) is 6.53. The van der Waals surface area contributed by atoms with Crippen molar-refractivity contribution < 1.29 is 14.0 Å². The molecule has 0 fully saturated rings. The standard InChI is InChI=1S/C20H24ClFN4O2.ClH/c1-3-12(9-17(24)27)26-15(4-2)13-6-7-14(21)18(19(13)22)20(28)11-5-8-16(23)25-10-11;/h5-8,10,12,15,26H,3-4,9H2,1-2H3,(H2,23,25)(H2,24,27);1H/t12-,15-;/m1./s1. The summed E-state index contributed by atoms with van der Waals surface area (Å²) in [5.41, 5.74) is 11.1. The van der Waals surface area contributed by atoms with Gasteiger partial charge >= 0.3 is 0 Å². The molecule has 1 heterocycles. The number of nitrogen functional groups attached to an aromatic ring is 1. The van der Waals surface area contributed by atoms with Crippen LogP contribution >= 0.6 is 24.0 Å². The normalized spacial score (nSPS) is 12.7. The first-order valence-electron chi connectivity index (χ1n) is 9.06. The van der Waals surface area contributed by atoms with Crippen molar-refractivity contribution in [1.82, 2.24) is 10.3 Å². The number of carbonyl (C=O) groups is 2. The van der Waals surface area contributed by atoms with Gasteiger partial charge in [-0.15, -0.1) is 12.4 Å². The number of nitrogens with one attached hydrogen (secondary N) is 1. The highest BCUT2D eigenvalue weighted by atomic mass is 35.5. The maximum atomic E-state index is 15.3. The Morgan fingerprint density at radius 3 is 2.41 bits per heavy atom. The molecule has 29 heavy (non-hydrogen) atoms. The molecule has 9 heteroatoms. The lowest BCUT2D eigenvalue weighted by Crippen LogP contribution is -2.36. The lowest BCUT2D eigenvalue weighted by Gasteiger charge is -2.25. The minimum Gasteiger partial charge on any atom is -0.384 e. The molecule has 2 aromatic rings. The molecule has 0 unspecified atom stereocenters. The summed E-state index contributed by atoms with van der Waals surface area (Å²) in [6.45, 7) is 3.79. The number of pyridine rings is 1. The van der Waals surface area contributed by atoms with Crippen LogP contribution in [-0.2, 0) is 4.79 Å². The third-order valence-electron chi connectivity index (χ3n) is 4.56. The maximum absolute atomic E-state index is 15.3. The van der Waals surface area contributed by atoms with E-state index in [9.17, 15) is 9.59 Å². The van der Waals surface area contributed by atoms with E-state index < -0.39 is 23.5 Å². The number of carbonyl (C=O) groups excluding carboxylic acids is 2. The quantitative estimate of drug-likeness (QED) is 0.511. The molecule has 5 N–H and O–H groups in total. The number of anilines is 1. The van der Waals surface area contributed by atoms with Gasteiger partial charge in [0.15, 0.2) is 5.78 Å². The van der Waals surface area contributed by atoms with E-state index in [1.807, 2.05) is 13.8 Å². The highest BCUT2D eigenvalue weighted by molar-refractivity contribution is 6.35. The zero-order valence-corrected chi connectivity index (χ0v) is 17.8. The Balaban J connectivity index is 0.00000420. The van der Waals surface area contributed by atoms with Crippen LogP contribution < -0.4 is 16.8 Å². The zero-order valence-electron chi connectivity index (χ0n) is 16.2. The fraction of sp³-hybridized carbons (Fsp3) is 0.350. The van der Waals surface area contributed by atoms with Crippen molar-refractivity contribution in [3.8, 4) is 0 Å². The molecule has 0 bridgehead atoms. The average molecular weight is 443 g/mol. The van der Waals surface area contributed by atoms with Crippen molar-refractivity contribution in [3.05, 3.63) is 58.0 Å². The Kier molecular flexibility index (Phi) is 9.49. The van der Waals surface area contributed by atoms with Gasteiger partial charge < -0.3 is 16.8 Å². The first-order valence-corrected chi connectivity index (χ1v) is 9.44. The number of nitrogens with zero attached hydrogens (tertiary/aromatic N) is 1. The highest BCUT2D eigenvalue weighted by Gasteiger charge is 2.25. The molecular weight excluding hydrogens is 418 g/mol. The van der Waals surface area contributed by atoms with Gasteiger partial charge in [-0.2, -0.15) is 0 Å². The molecule has 0 aliphatic rings. The predicted molar refractivity (Wildman–Crippen MR) is 115 cm³/mol. The van der Waals surface area contributed by atoms with Gasteiger partial charge in [0.25, 0.3) is 0 Å². The minimum absolute atomic E-state index is 0. The van der Waals surface area contributed by atoms with Crippen molar-refractivity contribution in [2.75, 3.05) is 5.73 Å². The number of primary amides is 1. The summed E-state index contributed by atoms with van der Waals surface area (Å²) in [5.74, 6) is -1.44. The van der Waals surface area contributed by atoms with E-state index in [4.69, 9.17) is 23.1 Å². The van der Waals surface area contributed by atoms with Crippen LogP contribution in [0.1, 0.15) is 60.6 Å². The highest BCUT2D eigenvalue weighted by Crippen LogP contribution is 2.30. The molecular formula is C20H25Cl2FN4O2. The number of ketones is 1. The molecule has 0 saturated heterocycles. The summed E-state index contributed by atoms with van der Waals surface area (Å²) in [7, 11) is 0. The fourth-order valence-corrected chi connectivity index (χ4v) is 3.24. The van der Waals surface area contributed by atoms with E-state index in [1.54, 1.807) is 6.07 Å². The molecule has 1 aromatic heterocycles. The van der Waals surface area contributed by atoms with Gasteiger partial charge in [0, 0.05) is 35.8 Å². The van der Waals surface area contributed by atoms with Crippen LogP contribution in [0, 0.1) is 5.82 Å². The topological polar surface area (TPSA) is 111 Å². The Bertz CT molecular complexity index is 862. The second kappa shape index (κ2) is 11.1. The third kappa shape index (κ3) is 6.13. The van der Waals surface area contributed by atoms with Gasteiger partial charge in [-0.05, 0) is 31.0 Å². The molecule has 0 aliphatic carbocycles. The second-order valence-corrected chi connectivity index (χ2v) is 6.94. The SMILES string of the molecule is CC[C@H](CC(N)=O)N[C@H](CC)c1ccc(Cl)c(C(=O)c2ccc(N)nc2)c1F.Cl. The summed E-state index contributed by atoms with van der Waals surface area (Å²) in [6.07, 6.45) is 2.63. The lowest BCUT2D eigenvalue weighted by atomic mass is 9.95. The van der Waals surface area contributed by atoms with Gasteiger partial charge in [0.2, 0.25) is 5.91 Å². The van der Waals surface area contributed by atoms with Gasteiger partial charge in [0.1, 0.15) is 11.6 Å². The summed E-state index contributed by atoms with van der Waals surface area (Å²) < 4.78 is 15.3. The van der Waals surface area contributed by atoms with E-state index in [1.165, 1.54) is 24.4 Å². The summed E-state index contributed by atoms with van der Waals surface area (Å²) >= 11 is 6.14. The average Bonchev–Trinajstić information content (AvgIpc) is 2.66. The number of rotatable bonds is 9. The predicted octanol–water partition coefficient (Wildman–Crippen LogP) is 3.80. The van der Waals surface area contributed by atoms with Gasteiger partial charge in [-0.1, -0.05) is 31.5 Å². The van der Waals surface area contributed by atoms with Crippen LogP contribution in [0.2, 0.25) is 5.02 Å². The van der Waals surface area contributed by atoms with Crippen LogP contribution in [-0.4, -0.2) is 22.7 Å². The van der Waals surface area contributed by atoms with Crippen LogP contribution in [0.15, 0.2) is 30.5 Å². The molecule has 1 aromatic carbocycles. The van der Waals surface area contributed by atoms with Gasteiger partial charge in [0.05, 0.1) is 10.6 Å². The first-order chi connectivity index (χ1) is 13.3. The molecule has 0 aliphatic heterocycles. The van der Waals surface area contributed by atoms with Crippen molar-refractivity contribution in [1.29, 1.82) is 0 Å². The van der Waals surface area contributed by atoms with E-state index in [-0.39, 0.29) is 46.8 Å². The maximum Gasteiger partial charge on any atom is 0.218 e. The molecule has 158 valence electrons. The Hall–Kier alpha value is -2.22. The smallest absolute Gasteiger partial charge is 0.218 e. The van der Waals surface area contributed by atoms with Gasteiger partial charge in [-0.3, -0.25) is 9.59 Å². The van der Waals surface area contributed by atoms with Crippen molar-refractivity contribution in [2.24, 2.45) is 5.73 Å². The van der Waals surface area contributed by atoms with E-state index in [0.717, 1.165) is 0 Å². The molecule has 0 spiro atoms. The first kappa shape index (κ1) is 24.8.